The van der Waals surface area contributed by atoms with Crippen molar-refractivity contribution in [3.8, 4) is 11.6 Å². The average Bonchev–Trinajstić information content (AvgIpc) is 2.72. The van der Waals surface area contributed by atoms with E-state index in [0.29, 0.717) is 16.3 Å². The number of rotatable bonds is 4. The number of halogens is 2. The number of hydrogen-bond donors (Lipinski definition) is 1. The summed E-state index contributed by atoms with van der Waals surface area (Å²) in [6.07, 6.45) is 0.864. The van der Waals surface area contributed by atoms with E-state index >= 15 is 0 Å². The average molecular weight is 389 g/mol. The van der Waals surface area contributed by atoms with Crippen molar-refractivity contribution in [3.63, 3.8) is 0 Å². The molecule has 0 unspecified atom stereocenters. The molecular weight excluding hydrogens is 374 g/mol. The highest BCUT2D eigenvalue weighted by molar-refractivity contribution is 9.13. The second kappa shape index (κ2) is 6.05. The molecule has 0 aliphatic carbocycles. The Morgan fingerprint density at radius 1 is 1.26 bits per heavy atom. The molecular formula is C13H15Br2N3O. The van der Waals surface area contributed by atoms with E-state index in [1.165, 1.54) is 0 Å². The molecule has 4 nitrogen and oxygen atoms in total. The molecule has 0 saturated carbocycles. The number of nitrogens with zero attached hydrogens (tertiary/aromatic N) is 2. The highest BCUT2D eigenvalue weighted by atomic mass is 79.9. The molecule has 2 aromatic heterocycles. The summed E-state index contributed by atoms with van der Waals surface area (Å²) < 4.78 is 7.09. The fraction of sp³-hybridized carbons (Fsp3) is 0.385. The van der Waals surface area contributed by atoms with Crippen LogP contribution in [0.5, 0.6) is 0 Å². The standard InChI is InChI=1S/C13H15Br2N3O/c1-4-9-7(3)12(16-5-2)18-13(17-9)10-6-8(14)11(15)19-10/h6H,4-5H2,1-3H3,(H,16,17,18). The number of furan rings is 1. The zero-order chi connectivity index (χ0) is 14.0. The summed E-state index contributed by atoms with van der Waals surface area (Å²) in [6.45, 7) is 7.00. The maximum Gasteiger partial charge on any atom is 0.197 e. The van der Waals surface area contributed by atoms with Gasteiger partial charge in [0.1, 0.15) is 5.82 Å². The van der Waals surface area contributed by atoms with Gasteiger partial charge in [0.25, 0.3) is 0 Å². The molecule has 0 amide bonds. The molecule has 0 fully saturated rings. The van der Waals surface area contributed by atoms with Gasteiger partial charge in [-0.05, 0) is 52.1 Å². The summed E-state index contributed by atoms with van der Waals surface area (Å²) in [5.74, 6) is 2.12. The maximum absolute atomic E-state index is 5.59. The van der Waals surface area contributed by atoms with E-state index in [4.69, 9.17) is 4.42 Å². The zero-order valence-electron chi connectivity index (χ0n) is 11.1. The minimum atomic E-state index is 0.602. The van der Waals surface area contributed by atoms with Crippen LogP contribution in [-0.2, 0) is 6.42 Å². The zero-order valence-corrected chi connectivity index (χ0v) is 14.2. The fourth-order valence-electron chi connectivity index (χ4n) is 1.81. The largest absolute Gasteiger partial charge is 0.445 e. The van der Waals surface area contributed by atoms with E-state index in [-0.39, 0.29) is 0 Å². The second-order valence-electron chi connectivity index (χ2n) is 4.08. The van der Waals surface area contributed by atoms with Gasteiger partial charge in [-0.3, -0.25) is 0 Å². The molecule has 1 N–H and O–H groups in total. The Morgan fingerprint density at radius 2 is 2.00 bits per heavy atom. The van der Waals surface area contributed by atoms with Gasteiger partial charge in [0.05, 0.1) is 4.47 Å². The van der Waals surface area contributed by atoms with E-state index in [1.807, 2.05) is 19.9 Å². The first-order valence-corrected chi connectivity index (χ1v) is 7.72. The smallest absolute Gasteiger partial charge is 0.197 e. The molecule has 0 saturated heterocycles. The first-order chi connectivity index (χ1) is 9.06. The number of aromatic nitrogens is 2. The minimum Gasteiger partial charge on any atom is -0.445 e. The Labute approximate surface area is 129 Å². The molecule has 0 radical (unpaired) electrons. The molecule has 19 heavy (non-hydrogen) atoms. The molecule has 2 rings (SSSR count). The second-order valence-corrected chi connectivity index (χ2v) is 5.66. The van der Waals surface area contributed by atoms with Crippen molar-refractivity contribution in [1.29, 1.82) is 0 Å². The SMILES string of the molecule is CCNc1nc(-c2cc(Br)c(Br)o2)nc(CC)c1C. The van der Waals surface area contributed by atoms with Crippen molar-refractivity contribution in [2.24, 2.45) is 0 Å². The van der Waals surface area contributed by atoms with Crippen LogP contribution in [-0.4, -0.2) is 16.5 Å². The topological polar surface area (TPSA) is 51.0 Å². The first kappa shape index (κ1) is 14.5. The molecule has 0 aliphatic rings. The Bertz CT molecular complexity index is 576. The number of nitrogens with one attached hydrogen (secondary N) is 1. The molecule has 0 aliphatic heterocycles. The fourth-order valence-corrected chi connectivity index (χ4v) is 2.39. The molecule has 2 aromatic rings. The predicted octanol–water partition coefficient (Wildman–Crippen LogP) is 4.56. The highest BCUT2D eigenvalue weighted by Gasteiger charge is 2.15. The summed E-state index contributed by atoms with van der Waals surface area (Å²) in [7, 11) is 0. The van der Waals surface area contributed by atoms with Crippen molar-refractivity contribution in [1.82, 2.24) is 9.97 Å². The minimum absolute atomic E-state index is 0.602. The highest BCUT2D eigenvalue weighted by Crippen LogP contribution is 2.32. The van der Waals surface area contributed by atoms with Gasteiger partial charge < -0.3 is 9.73 Å². The maximum atomic E-state index is 5.59. The molecule has 0 bridgehead atoms. The monoisotopic (exact) mass is 387 g/mol. The lowest BCUT2D eigenvalue weighted by Gasteiger charge is -2.11. The Kier molecular flexibility index (Phi) is 4.62. The van der Waals surface area contributed by atoms with E-state index in [0.717, 1.165) is 34.5 Å². The molecule has 2 heterocycles. The van der Waals surface area contributed by atoms with Crippen molar-refractivity contribution in [2.75, 3.05) is 11.9 Å². The third-order valence-corrected chi connectivity index (χ3v) is 4.50. The molecule has 102 valence electrons. The van der Waals surface area contributed by atoms with Gasteiger partial charge in [-0.15, -0.1) is 0 Å². The van der Waals surface area contributed by atoms with Crippen LogP contribution in [0.2, 0.25) is 0 Å². The van der Waals surface area contributed by atoms with Crippen LogP contribution in [0.25, 0.3) is 11.6 Å². The molecule has 6 heteroatoms. The van der Waals surface area contributed by atoms with Crippen molar-refractivity contribution in [2.45, 2.75) is 27.2 Å². The quantitative estimate of drug-likeness (QED) is 0.833. The summed E-state index contributed by atoms with van der Waals surface area (Å²) in [6, 6.07) is 1.86. The summed E-state index contributed by atoms with van der Waals surface area (Å²) >= 11 is 6.73. The summed E-state index contributed by atoms with van der Waals surface area (Å²) in [5, 5.41) is 3.27. The third-order valence-electron chi connectivity index (χ3n) is 2.79. The third kappa shape index (κ3) is 3.00. The van der Waals surface area contributed by atoms with E-state index in [2.05, 4.69) is 54.1 Å². The Balaban J connectivity index is 2.54. The Hall–Kier alpha value is -0.880. The Morgan fingerprint density at radius 3 is 2.53 bits per heavy atom. The van der Waals surface area contributed by atoms with Gasteiger partial charge in [-0.1, -0.05) is 6.92 Å². The van der Waals surface area contributed by atoms with Crippen LogP contribution < -0.4 is 5.32 Å². The summed E-state index contributed by atoms with van der Waals surface area (Å²) in [4.78, 5) is 9.11. The predicted molar refractivity (Wildman–Crippen MR) is 83.4 cm³/mol. The molecule has 0 spiro atoms. The van der Waals surface area contributed by atoms with Crippen LogP contribution in [0, 0.1) is 6.92 Å². The van der Waals surface area contributed by atoms with Crippen LogP contribution in [0.3, 0.4) is 0 Å². The number of aryl methyl sites for hydroxylation is 1. The summed E-state index contributed by atoms with van der Waals surface area (Å²) in [5.41, 5.74) is 2.13. The van der Waals surface area contributed by atoms with E-state index in [1.54, 1.807) is 0 Å². The molecule has 0 aromatic carbocycles. The van der Waals surface area contributed by atoms with E-state index in [9.17, 15) is 0 Å². The van der Waals surface area contributed by atoms with Crippen LogP contribution >= 0.6 is 31.9 Å². The number of anilines is 1. The van der Waals surface area contributed by atoms with Gasteiger partial charge in [0.15, 0.2) is 16.3 Å². The van der Waals surface area contributed by atoms with E-state index < -0.39 is 0 Å². The lowest BCUT2D eigenvalue weighted by Crippen LogP contribution is -2.07. The van der Waals surface area contributed by atoms with Crippen molar-refractivity contribution < 1.29 is 4.42 Å². The van der Waals surface area contributed by atoms with Crippen LogP contribution in [0.1, 0.15) is 25.1 Å². The van der Waals surface area contributed by atoms with Crippen LogP contribution in [0.15, 0.2) is 19.6 Å². The van der Waals surface area contributed by atoms with Gasteiger partial charge in [-0.25, -0.2) is 9.97 Å². The lowest BCUT2D eigenvalue weighted by atomic mass is 10.2. The first-order valence-electron chi connectivity index (χ1n) is 6.13. The van der Waals surface area contributed by atoms with Crippen molar-refractivity contribution in [3.05, 3.63) is 26.5 Å². The van der Waals surface area contributed by atoms with Gasteiger partial charge in [0, 0.05) is 23.9 Å². The van der Waals surface area contributed by atoms with Gasteiger partial charge >= 0.3 is 0 Å². The normalized spacial score (nSPS) is 10.8. The number of hydrogen-bond acceptors (Lipinski definition) is 4. The lowest BCUT2D eigenvalue weighted by molar-refractivity contribution is 0.549. The van der Waals surface area contributed by atoms with Crippen LogP contribution in [0.4, 0.5) is 5.82 Å². The van der Waals surface area contributed by atoms with Gasteiger partial charge in [0.2, 0.25) is 0 Å². The molecule has 0 atom stereocenters. The van der Waals surface area contributed by atoms with Gasteiger partial charge in [-0.2, -0.15) is 0 Å². The van der Waals surface area contributed by atoms with Crippen molar-refractivity contribution >= 4 is 37.7 Å².